The maximum absolute atomic E-state index is 11.4. The van der Waals surface area contributed by atoms with E-state index >= 15 is 0 Å². The first-order valence-corrected chi connectivity index (χ1v) is 8.88. The smallest absolute Gasteiger partial charge is 0.219 e. The highest BCUT2D eigenvalue weighted by Gasteiger charge is 2.17. The average Bonchev–Trinajstić information content (AvgIpc) is 3.08. The van der Waals surface area contributed by atoms with Crippen LogP contribution in [0, 0.1) is 0 Å². The van der Waals surface area contributed by atoms with Gasteiger partial charge in [-0.15, -0.1) is 34.2 Å². The third-order valence-electron chi connectivity index (χ3n) is 4.56. The van der Waals surface area contributed by atoms with Gasteiger partial charge in [0.05, 0.1) is 6.54 Å². The summed E-state index contributed by atoms with van der Waals surface area (Å²) in [6.07, 6.45) is 1.95. The van der Waals surface area contributed by atoms with Gasteiger partial charge in [0.1, 0.15) is 0 Å². The zero-order valence-corrected chi connectivity index (χ0v) is 18.1. The van der Waals surface area contributed by atoms with E-state index in [1.807, 2.05) is 33.7 Å². The Hall–Kier alpha value is -1.95. The molecule has 0 aliphatic carbocycles. The Bertz CT molecular complexity index is 769. The molecular weight excluding hydrogens is 459 g/mol. The lowest BCUT2D eigenvalue weighted by atomic mass is 10.3. The number of nitrogens with one attached hydrogen (secondary N) is 2. The Morgan fingerprint density at radius 1 is 1.19 bits per heavy atom. The van der Waals surface area contributed by atoms with Crippen molar-refractivity contribution >= 4 is 41.5 Å². The molecule has 9 nitrogen and oxygen atoms in total. The summed E-state index contributed by atoms with van der Waals surface area (Å²) in [6, 6.07) is 5.83. The number of guanidine groups is 1. The second-order valence-corrected chi connectivity index (χ2v) is 6.25. The van der Waals surface area contributed by atoms with E-state index in [0.717, 1.165) is 56.7 Å². The number of amides is 1. The third-order valence-corrected chi connectivity index (χ3v) is 4.56. The summed E-state index contributed by atoms with van der Waals surface area (Å²) in [5.41, 5.74) is 0.831. The lowest BCUT2D eigenvalue weighted by Gasteiger charge is -2.34. The van der Waals surface area contributed by atoms with Gasteiger partial charge in [0.25, 0.3) is 0 Å². The average molecular weight is 486 g/mol. The highest BCUT2D eigenvalue weighted by molar-refractivity contribution is 14.0. The van der Waals surface area contributed by atoms with Crippen LogP contribution in [-0.2, 0) is 11.3 Å². The number of nitrogens with zero attached hydrogens (tertiary/aromatic N) is 6. The van der Waals surface area contributed by atoms with Crippen LogP contribution in [0.1, 0.15) is 12.7 Å². The van der Waals surface area contributed by atoms with Crippen LogP contribution in [0.25, 0.3) is 5.65 Å². The number of carbonyl (C=O) groups is 1. The highest BCUT2D eigenvalue weighted by Crippen LogP contribution is 2.02. The van der Waals surface area contributed by atoms with Crippen molar-refractivity contribution in [3.05, 3.63) is 30.2 Å². The summed E-state index contributed by atoms with van der Waals surface area (Å²) < 4.78 is 1.95. The molecule has 148 valence electrons. The van der Waals surface area contributed by atoms with Crippen molar-refractivity contribution in [2.24, 2.45) is 4.99 Å². The summed E-state index contributed by atoms with van der Waals surface area (Å²) in [6.45, 7) is 7.33. The van der Waals surface area contributed by atoms with Crippen molar-refractivity contribution in [2.75, 3.05) is 46.3 Å². The fourth-order valence-corrected chi connectivity index (χ4v) is 3.01. The van der Waals surface area contributed by atoms with Crippen LogP contribution in [0.3, 0.4) is 0 Å². The van der Waals surface area contributed by atoms with Gasteiger partial charge in [0.15, 0.2) is 17.4 Å². The first-order chi connectivity index (χ1) is 12.7. The van der Waals surface area contributed by atoms with Gasteiger partial charge in [-0.1, -0.05) is 6.07 Å². The Balaban J connectivity index is 0.00000261. The molecule has 10 heteroatoms. The Morgan fingerprint density at radius 2 is 1.96 bits per heavy atom. The van der Waals surface area contributed by atoms with Crippen LogP contribution in [0.15, 0.2) is 29.4 Å². The minimum Gasteiger partial charge on any atom is -0.355 e. The number of fused-ring (bicyclic) bond motifs is 1. The molecule has 2 aromatic heterocycles. The molecular formula is C17H27IN8O. The number of rotatable bonds is 5. The van der Waals surface area contributed by atoms with Crippen molar-refractivity contribution in [2.45, 2.75) is 13.5 Å². The monoisotopic (exact) mass is 486 g/mol. The highest BCUT2D eigenvalue weighted by atomic mass is 127. The molecule has 1 amide bonds. The van der Waals surface area contributed by atoms with Crippen LogP contribution in [0.2, 0.25) is 0 Å². The summed E-state index contributed by atoms with van der Waals surface area (Å²) in [5, 5.41) is 14.9. The molecule has 0 radical (unpaired) electrons. The molecule has 27 heavy (non-hydrogen) atoms. The van der Waals surface area contributed by atoms with Crippen LogP contribution < -0.4 is 10.6 Å². The van der Waals surface area contributed by atoms with Gasteiger partial charge in [-0.2, -0.15) is 0 Å². The zero-order valence-electron chi connectivity index (χ0n) is 15.8. The van der Waals surface area contributed by atoms with Crippen LogP contribution in [0.4, 0.5) is 0 Å². The van der Waals surface area contributed by atoms with Gasteiger partial charge in [-0.05, 0) is 12.1 Å². The molecule has 2 aromatic rings. The maximum atomic E-state index is 11.4. The third kappa shape index (κ3) is 5.76. The van der Waals surface area contributed by atoms with Gasteiger partial charge in [-0.3, -0.25) is 19.1 Å². The summed E-state index contributed by atoms with van der Waals surface area (Å²) in [5.74, 6) is 1.73. The van der Waals surface area contributed by atoms with Crippen LogP contribution in [0.5, 0.6) is 0 Å². The van der Waals surface area contributed by atoms with E-state index in [2.05, 4.69) is 30.7 Å². The molecule has 3 heterocycles. The number of carbonyl (C=O) groups excluding carboxylic acids is 1. The van der Waals surface area contributed by atoms with Crippen molar-refractivity contribution in [1.82, 2.24) is 35.0 Å². The van der Waals surface area contributed by atoms with Gasteiger partial charge < -0.3 is 15.5 Å². The van der Waals surface area contributed by atoms with Gasteiger partial charge in [0.2, 0.25) is 5.91 Å². The van der Waals surface area contributed by atoms with Crippen molar-refractivity contribution in [3.8, 4) is 0 Å². The van der Waals surface area contributed by atoms with E-state index in [1.165, 1.54) is 0 Å². The molecule has 3 rings (SSSR count). The zero-order chi connectivity index (χ0) is 18.4. The second kappa shape index (κ2) is 10.4. The quantitative estimate of drug-likeness (QED) is 0.356. The van der Waals surface area contributed by atoms with Gasteiger partial charge in [0, 0.05) is 59.4 Å². The van der Waals surface area contributed by atoms with E-state index in [0.29, 0.717) is 6.54 Å². The summed E-state index contributed by atoms with van der Waals surface area (Å²) in [7, 11) is 1.75. The van der Waals surface area contributed by atoms with E-state index < -0.39 is 0 Å². The molecule has 0 bridgehead atoms. The number of pyridine rings is 1. The molecule has 1 aliphatic rings. The number of hydrogen-bond donors (Lipinski definition) is 2. The summed E-state index contributed by atoms with van der Waals surface area (Å²) >= 11 is 0. The Morgan fingerprint density at radius 3 is 2.67 bits per heavy atom. The van der Waals surface area contributed by atoms with E-state index in [4.69, 9.17) is 0 Å². The lowest BCUT2D eigenvalue weighted by molar-refractivity contribution is -0.130. The van der Waals surface area contributed by atoms with Gasteiger partial charge in [-0.25, -0.2) is 0 Å². The number of piperazine rings is 1. The number of aliphatic imine (C=N–C) groups is 1. The molecule has 0 spiro atoms. The fraction of sp³-hybridized carbons (Fsp3) is 0.529. The molecule has 1 aliphatic heterocycles. The molecule has 0 unspecified atom stereocenters. The Kier molecular flexibility index (Phi) is 8.23. The largest absolute Gasteiger partial charge is 0.355 e. The predicted molar refractivity (Wildman–Crippen MR) is 115 cm³/mol. The number of halogens is 1. The lowest BCUT2D eigenvalue weighted by Crippen LogP contribution is -2.50. The molecule has 0 saturated carbocycles. The first-order valence-electron chi connectivity index (χ1n) is 8.88. The molecule has 0 aromatic carbocycles. The summed E-state index contributed by atoms with van der Waals surface area (Å²) in [4.78, 5) is 19.9. The molecule has 1 saturated heterocycles. The molecule has 2 N–H and O–H groups in total. The van der Waals surface area contributed by atoms with Gasteiger partial charge >= 0.3 is 0 Å². The van der Waals surface area contributed by atoms with Crippen molar-refractivity contribution in [3.63, 3.8) is 0 Å². The number of aromatic nitrogens is 3. The van der Waals surface area contributed by atoms with E-state index in [-0.39, 0.29) is 29.9 Å². The predicted octanol–water partition coefficient (Wildman–Crippen LogP) is 0.176. The van der Waals surface area contributed by atoms with Crippen molar-refractivity contribution < 1.29 is 4.79 Å². The second-order valence-electron chi connectivity index (χ2n) is 6.25. The molecule has 1 fully saturated rings. The van der Waals surface area contributed by atoms with Crippen LogP contribution in [-0.4, -0.2) is 82.6 Å². The van der Waals surface area contributed by atoms with Crippen molar-refractivity contribution in [1.29, 1.82) is 0 Å². The minimum atomic E-state index is 0. The SMILES string of the molecule is CN=C(NCCN1CCN(C(C)=O)CC1)NCc1nnc2ccccn12.I. The normalized spacial score (nSPS) is 15.5. The maximum Gasteiger partial charge on any atom is 0.219 e. The van der Waals surface area contributed by atoms with E-state index in [1.54, 1.807) is 14.0 Å². The topological polar surface area (TPSA) is 90.2 Å². The van der Waals surface area contributed by atoms with Crippen LogP contribution >= 0.6 is 24.0 Å². The number of hydrogen-bond acceptors (Lipinski definition) is 5. The fourth-order valence-electron chi connectivity index (χ4n) is 3.01. The standard InChI is InChI=1S/C17H26N8O.HI/c1-14(26)24-11-9-23(10-12-24)8-6-19-17(18-2)20-13-16-22-21-15-5-3-4-7-25(15)16;/h3-5,7H,6,8-13H2,1-2H3,(H2,18,19,20);1H. The van der Waals surface area contributed by atoms with E-state index in [9.17, 15) is 4.79 Å². The first kappa shape index (κ1) is 21.4. The Labute approximate surface area is 176 Å². The minimum absolute atomic E-state index is 0. The molecule has 0 atom stereocenters.